The molecule has 0 spiro atoms. The number of alkyl halides is 2. The Kier molecular flexibility index (Phi) is 6.80. The number of sulfone groups is 1. The minimum absolute atomic E-state index is 0.378. The maximum Gasteiger partial charge on any atom is 0.341 e. The van der Waals surface area contributed by atoms with Crippen LogP contribution >= 0.6 is 11.8 Å². The van der Waals surface area contributed by atoms with Crippen molar-refractivity contribution in [1.29, 1.82) is 0 Å². The van der Waals surface area contributed by atoms with E-state index in [4.69, 9.17) is 0 Å². The van der Waals surface area contributed by atoms with Gasteiger partial charge in [-0.25, -0.2) is 8.42 Å². The van der Waals surface area contributed by atoms with Crippen molar-refractivity contribution in [3.63, 3.8) is 0 Å². The average Bonchev–Trinajstić information content (AvgIpc) is 3.23. The third kappa shape index (κ3) is 4.80. The molecule has 4 rings (SSSR count). The molecule has 0 radical (unpaired) electrons. The second-order valence-electron chi connectivity index (χ2n) is 7.74. The second-order valence-corrected chi connectivity index (χ2v) is 10.6. The zero-order valence-corrected chi connectivity index (χ0v) is 19.2. The highest BCUT2D eigenvalue weighted by Gasteiger charge is 2.26. The molecular formula is C22H24F2N4O2S2. The topological polar surface area (TPSA) is 68.1 Å². The number of benzene rings is 2. The number of nitrogens with zero attached hydrogens (tertiary/aromatic N) is 4. The molecule has 2 heterocycles. The van der Waals surface area contributed by atoms with E-state index in [2.05, 4.69) is 15.1 Å². The molecule has 0 saturated carbocycles. The van der Waals surface area contributed by atoms with Gasteiger partial charge in [0, 0.05) is 18.8 Å². The lowest BCUT2D eigenvalue weighted by molar-refractivity contribution is 0.234. The van der Waals surface area contributed by atoms with Crippen LogP contribution in [-0.2, 0) is 15.6 Å². The van der Waals surface area contributed by atoms with Crippen LogP contribution in [0.25, 0.3) is 5.69 Å². The molecule has 3 aromatic rings. The number of thioether (sulfide) groups is 1. The molecule has 32 heavy (non-hydrogen) atoms. The van der Waals surface area contributed by atoms with Crippen LogP contribution in [0.2, 0.25) is 0 Å². The van der Waals surface area contributed by atoms with E-state index < -0.39 is 15.6 Å². The number of anilines is 1. The monoisotopic (exact) mass is 478 g/mol. The summed E-state index contributed by atoms with van der Waals surface area (Å²) in [6.07, 6.45) is 3.46. The van der Waals surface area contributed by atoms with Crippen LogP contribution in [0, 0.1) is 6.92 Å². The summed E-state index contributed by atoms with van der Waals surface area (Å²) in [4.78, 5) is 1.88. The first-order chi connectivity index (χ1) is 15.4. The lowest BCUT2D eigenvalue weighted by Crippen LogP contribution is -2.31. The summed E-state index contributed by atoms with van der Waals surface area (Å²) in [5.74, 6) is -2.11. The highest BCUT2D eigenvalue weighted by Crippen LogP contribution is 2.30. The fraction of sp³-hybridized carbons (Fsp3) is 0.364. The number of rotatable bonds is 7. The highest BCUT2D eigenvalue weighted by molar-refractivity contribution is 7.98. The van der Waals surface area contributed by atoms with Gasteiger partial charge in [-0.15, -0.1) is 10.2 Å². The number of aromatic nitrogens is 3. The van der Waals surface area contributed by atoms with Crippen LogP contribution in [0.3, 0.4) is 0 Å². The van der Waals surface area contributed by atoms with E-state index in [0.717, 1.165) is 53.9 Å². The number of halogens is 2. The molecule has 0 N–H and O–H groups in total. The standard InChI is InChI=1S/C22H24F2N4O2S2/c1-16-5-9-18(10-6-16)28-21(27-13-3-2-4-14-27)25-26-22(28)31-15-17-7-11-19(12-8-17)32(29,30)20(23)24/h5-12,20H,2-4,13-15H2,1H3. The molecule has 0 bridgehead atoms. The van der Waals surface area contributed by atoms with E-state index in [0.29, 0.717) is 5.75 Å². The summed E-state index contributed by atoms with van der Waals surface area (Å²) in [6, 6.07) is 13.7. The highest BCUT2D eigenvalue weighted by atomic mass is 32.2. The van der Waals surface area contributed by atoms with Gasteiger partial charge in [0.15, 0.2) is 5.16 Å². The van der Waals surface area contributed by atoms with Crippen LogP contribution in [-0.4, -0.2) is 42.0 Å². The molecule has 10 heteroatoms. The third-order valence-electron chi connectivity index (χ3n) is 5.40. The lowest BCUT2D eigenvalue weighted by Gasteiger charge is -2.27. The van der Waals surface area contributed by atoms with E-state index in [1.165, 1.54) is 30.3 Å². The number of hydrogen-bond acceptors (Lipinski definition) is 6. The van der Waals surface area contributed by atoms with Gasteiger partial charge in [-0.2, -0.15) is 8.78 Å². The Morgan fingerprint density at radius 1 is 0.969 bits per heavy atom. The molecule has 0 unspecified atom stereocenters. The van der Waals surface area contributed by atoms with Crippen molar-refractivity contribution < 1.29 is 17.2 Å². The van der Waals surface area contributed by atoms with Gasteiger partial charge in [0.2, 0.25) is 15.8 Å². The lowest BCUT2D eigenvalue weighted by atomic mass is 10.1. The third-order valence-corrected chi connectivity index (χ3v) is 7.80. The van der Waals surface area contributed by atoms with Gasteiger partial charge in [-0.05, 0) is 56.0 Å². The summed E-state index contributed by atoms with van der Waals surface area (Å²) in [5, 5.41) is 9.62. The van der Waals surface area contributed by atoms with E-state index >= 15 is 0 Å². The minimum atomic E-state index is -4.59. The van der Waals surface area contributed by atoms with Crippen LogP contribution in [0.15, 0.2) is 58.6 Å². The van der Waals surface area contributed by atoms with Gasteiger partial charge in [-0.1, -0.05) is 41.6 Å². The molecule has 1 aromatic heterocycles. The molecule has 0 aliphatic carbocycles. The van der Waals surface area contributed by atoms with Gasteiger partial charge < -0.3 is 4.90 Å². The first-order valence-corrected chi connectivity index (χ1v) is 12.9. The quantitative estimate of drug-likeness (QED) is 0.452. The largest absolute Gasteiger partial charge is 0.341 e. The summed E-state index contributed by atoms with van der Waals surface area (Å²) in [6.45, 7) is 3.92. The predicted molar refractivity (Wildman–Crippen MR) is 121 cm³/mol. The van der Waals surface area contributed by atoms with Gasteiger partial charge in [0.1, 0.15) is 0 Å². The van der Waals surface area contributed by atoms with Crippen molar-refractivity contribution in [2.24, 2.45) is 0 Å². The van der Waals surface area contributed by atoms with Crippen molar-refractivity contribution in [3.8, 4) is 5.69 Å². The van der Waals surface area contributed by atoms with Gasteiger partial charge in [0.25, 0.3) is 0 Å². The van der Waals surface area contributed by atoms with Gasteiger partial charge in [-0.3, -0.25) is 4.57 Å². The molecule has 170 valence electrons. The molecule has 1 aliphatic rings. The molecule has 1 aliphatic heterocycles. The summed E-state index contributed by atoms with van der Waals surface area (Å²) >= 11 is 1.47. The predicted octanol–water partition coefficient (Wildman–Crippen LogP) is 4.85. The zero-order chi connectivity index (χ0) is 22.7. The first kappa shape index (κ1) is 22.7. The van der Waals surface area contributed by atoms with Crippen molar-refractivity contribution in [2.45, 2.75) is 47.7 Å². The number of aryl methyl sites for hydroxylation is 1. The molecular weight excluding hydrogens is 454 g/mol. The molecule has 6 nitrogen and oxygen atoms in total. The maximum absolute atomic E-state index is 12.7. The molecule has 0 amide bonds. The molecule has 1 saturated heterocycles. The summed E-state index contributed by atoms with van der Waals surface area (Å²) in [7, 11) is -4.59. The summed E-state index contributed by atoms with van der Waals surface area (Å²) < 4.78 is 50.8. The Balaban J connectivity index is 1.58. The molecule has 1 fully saturated rings. The van der Waals surface area contributed by atoms with E-state index in [1.54, 1.807) is 12.1 Å². The Hall–Kier alpha value is -2.46. The van der Waals surface area contributed by atoms with Crippen LogP contribution in [0.1, 0.15) is 30.4 Å². The Morgan fingerprint density at radius 3 is 2.25 bits per heavy atom. The van der Waals surface area contributed by atoms with Crippen molar-refractivity contribution in [3.05, 3.63) is 59.7 Å². The average molecular weight is 479 g/mol. The number of hydrogen-bond donors (Lipinski definition) is 0. The summed E-state index contributed by atoms with van der Waals surface area (Å²) in [5.41, 5.74) is 2.94. The smallest absolute Gasteiger partial charge is 0.341 e. The second kappa shape index (κ2) is 9.58. The first-order valence-electron chi connectivity index (χ1n) is 10.4. The van der Waals surface area contributed by atoms with E-state index in [9.17, 15) is 17.2 Å². The normalized spacial score (nSPS) is 14.8. The maximum atomic E-state index is 12.7. The zero-order valence-electron chi connectivity index (χ0n) is 17.6. The van der Waals surface area contributed by atoms with Crippen LogP contribution in [0.5, 0.6) is 0 Å². The van der Waals surface area contributed by atoms with Crippen molar-refractivity contribution in [1.82, 2.24) is 14.8 Å². The van der Waals surface area contributed by atoms with Gasteiger partial charge in [0.05, 0.1) is 10.6 Å². The van der Waals surface area contributed by atoms with E-state index in [1.807, 2.05) is 35.8 Å². The van der Waals surface area contributed by atoms with Crippen molar-refractivity contribution >= 4 is 27.5 Å². The molecule has 0 atom stereocenters. The number of piperidine rings is 1. The fourth-order valence-electron chi connectivity index (χ4n) is 3.60. The van der Waals surface area contributed by atoms with Crippen LogP contribution < -0.4 is 4.90 Å². The van der Waals surface area contributed by atoms with Gasteiger partial charge >= 0.3 is 5.76 Å². The SMILES string of the molecule is Cc1ccc(-n2c(SCc3ccc(S(=O)(=O)C(F)F)cc3)nnc2N2CCCCC2)cc1. The van der Waals surface area contributed by atoms with Crippen LogP contribution in [0.4, 0.5) is 14.7 Å². The minimum Gasteiger partial charge on any atom is -0.341 e. The Labute approximate surface area is 190 Å². The molecule has 2 aromatic carbocycles. The Bertz CT molecular complexity index is 1160. The fourth-order valence-corrected chi connectivity index (χ4v) is 5.22. The Morgan fingerprint density at radius 2 is 1.62 bits per heavy atom. The van der Waals surface area contributed by atoms with E-state index in [-0.39, 0.29) is 4.90 Å². The van der Waals surface area contributed by atoms with Crippen molar-refractivity contribution in [2.75, 3.05) is 18.0 Å².